The monoisotopic (exact) mass is 263 g/mol. The second-order valence-corrected chi connectivity index (χ2v) is 4.22. The number of hydrogen-bond donors (Lipinski definition) is 2. The van der Waals surface area contributed by atoms with Crippen molar-refractivity contribution in [1.29, 1.82) is 0 Å². The molecule has 0 unspecified atom stereocenters. The molecule has 0 aliphatic rings. The number of aryl methyl sites for hydroxylation is 1. The average Bonchev–Trinajstić information content (AvgIpc) is 2.30. The van der Waals surface area contributed by atoms with Crippen molar-refractivity contribution in [3.8, 4) is 0 Å². The molecular weight excluding hydrogens is 250 g/mol. The van der Waals surface area contributed by atoms with Crippen molar-refractivity contribution in [2.45, 2.75) is 13.8 Å². The van der Waals surface area contributed by atoms with Gasteiger partial charge in [0, 0.05) is 17.0 Å². The van der Waals surface area contributed by atoms with Gasteiger partial charge in [-0.15, -0.1) is 0 Å². The minimum Gasteiger partial charge on any atom is -0.370 e. The van der Waals surface area contributed by atoms with Crippen LogP contribution in [0.4, 0.5) is 5.95 Å². The summed E-state index contributed by atoms with van der Waals surface area (Å²) in [7, 11) is 0. The first kappa shape index (κ1) is 12.6. The maximum Gasteiger partial charge on any atom is 0.230 e. The summed E-state index contributed by atoms with van der Waals surface area (Å²) in [6.45, 7) is 4.42. The second-order valence-electron chi connectivity index (χ2n) is 3.78. The van der Waals surface area contributed by atoms with Gasteiger partial charge in [0.15, 0.2) is 5.96 Å². The number of nitrogens with two attached hydrogens (primary N) is 1. The first-order valence-electron chi connectivity index (χ1n) is 5.61. The molecule has 0 bridgehead atoms. The summed E-state index contributed by atoms with van der Waals surface area (Å²) in [6.07, 6.45) is 0. The Morgan fingerprint density at radius 1 is 1.44 bits per heavy atom. The van der Waals surface area contributed by atoms with Crippen molar-refractivity contribution >= 4 is 34.4 Å². The quantitative estimate of drug-likeness (QED) is 0.644. The fourth-order valence-electron chi connectivity index (χ4n) is 1.63. The summed E-state index contributed by atoms with van der Waals surface area (Å²) < 4.78 is 0. The van der Waals surface area contributed by atoms with E-state index in [1.807, 2.05) is 26.0 Å². The van der Waals surface area contributed by atoms with Gasteiger partial charge < -0.3 is 5.73 Å². The van der Waals surface area contributed by atoms with Crippen molar-refractivity contribution in [2.24, 2.45) is 10.7 Å². The van der Waals surface area contributed by atoms with Crippen LogP contribution in [0.25, 0.3) is 10.9 Å². The molecule has 0 atom stereocenters. The summed E-state index contributed by atoms with van der Waals surface area (Å²) in [6, 6.07) is 5.49. The van der Waals surface area contributed by atoms with Gasteiger partial charge in [0.05, 0.1) is 11.2 Å². The number of anilines is 1. The van der Waals surface area contributed by atoms with E-state index in [9.17, 15) is 0 Å². The van der Waals surface area contributed by atoms with Gasteiger partial charge in [0.2, 0.25) is 5.95 Å². The zero-order valence-corrected chi connectivity index (χ0v) is 11.0. The van der Waals surface area contributed by atoms with Gasteiger partial charge in [-0.3, -0.25) is 10.3 Å². The zero-order chi connectivity index (χ0) is 13.1. The van der Waals surface area contributed by atoms with Gasteiger partial charge in [-0.1, -0.05) is 11.6 Å². The van der Waals surface area contributed by atoms with E-state index in [0.29, 0.717) is 23.5 Å². The molecule has 0 amide bonds. The molecule has 0 fully saturated rings. The van der Waals surface area contributed by atoms with Crippen molar-refractivity contribution in [3.05, 3.63) is 28.9 Å². The molecule has 1 heterocycles. The van der Waals surface area contributed by atoms with Crippen LogP contribution < -0.4 is 11.1 Å². The lowest BCUT2D eigenvalue weighted by molar-refractivity contribution is 1.10. The molecule has 1 aromatic carbocycles. The van der Waals surface area contributed by atoms with Gasteiger partial charge in [-0.05, 0) is 32.0 Å². The second kappa shape index (κ2) is 5.18. The molecule has 0 aliphatic heterocycles. The zero-order valence-electron chi connectivity index (χ0n) is 10.2. The van der Waals surface area contributed by atoms with Crippen molar-refractivity contribution in [3.63, 3.8) is 0 Å². The molecule has 5 nitrogen and oxygen atoms in total. The maximum atomic E-state index is 5.95. The van der Waals surface area contributed by atoms with E-state index in [1.54, 1.807) is 6.07 Å². The Labute approximate surface area is 110 Å². The lowest BCUT2D eigenvalue weighted by Gasteiger charge is -2.07. The fraction of sp³-hybridized carbons (Fsp3) is 0.250. The summed E-state index contributed by atoms with van der Waals surface area (Å²) in [4.78, 5) is 12.7. The largest absolute Gasteiger partial charge is 0.370 e. The number of hydrogen-bond acceptors (Lipinski definition) is 3. The third-order valence-electron chi connectivity index (χ3n) is 2.42. The van der Waals surface area contributed by atoms with Crippen LogP contribution in [0.2, 0.25) is 5.02 Å². The topological polar surface area (TPSA) is 76.2 Å². The van der Waals surface area contributed by atoms with E-state index >= 15 is 0 Å². The molecule has 0 saturated carbocycles. The van der Waals surface area contributed by atoms with E-state index in [2.05, 4.69) is 20.3 Å². The van der Waals surface area contributed by atoms with E-state index in [-0.39, 0.29) is 0 Å². The highest BCUT2D eigenvalue weighted by Gasteiger charge is 2.05. The standard InChI is InChI=1S/C12H14ClN5/c1-3-15-11(14)18-12-16-7(2)9-6-8(13)4-5-10(9)17-12/h4-6H,3H2,1-2H3,(H3,14,15,16,17,18). The highest BCUT2D eigenvalue weighted by Crippen LogP contribution is 2.21. The Hall–Kier alpha value is -1.88. The summed E-state index contributed by atoms with van der Waals surface area (Å²) in [5, 5.41) is 4.46. The number of aromatic nitrogens is 2. The predicted octanol–water partition coefficient (Wildman–Crippen LogP) is 2.34. The lowest BCUT2D eigenvalue weighted by atomic mass is 10.2. The van der Waals surface area contributed by atoms with Crippen LogP contribution in [0, 0.1) is 6.92 Å². The Morgan fingerprint density at radius 3 is 2.94 bits per heavy atom. The highest BCUT2D eigenvalue weighted by molar-refractivity contribution is 6.31. The summed E-state index contributed by atoms with van der Waals surface area (Å²) in [5.41, 5.74) is 7.33. The lowest BCUT2D eigenvalue weighted by Crippen LogP contribution is -2.24. The van der Waals surface area contributed by atoms with E-state index in [4.69, 9.17) is 17.3 Å². The Kier molecular flexibility index (Phi) is 3.62. The van der Waals surface area contributed by atoms with Gasteiger partial charge >= 0.3 is 0 Å². The SMILES string of the molecule is CCN=C(N)Nc1nc(C)c2cc(Cl)ccc2n1. The molecule has 6 heteroatoms. The van der Waals surface area contributed by atoms with Crippen LogP contribution in [0.5, 0.6) is 0 Å². The summed E-state index contributed by atoms with van der Waals surface area (Å²) >= 11 is 5.95. The Morgan fingerprint density at radius 2 is 2.22 bits per heavy atom. The van der Waals surface area contributed by atoms with Crippen LogP contribution >= 0.6 is 11.6 Å². The van der Waals surface area contributed by atoms with Gasteiger partial charge in [-0.25, -0.2) is 9.97 Å². The molecule has 2 aromatic rings. The molecule has 94 valence electrons. The van der Waals surface area contributed by atoms with Crippen LogP contribution in [-0.4, -0.2) is 22.5 Å². The van der Waals surface area contributed by atoms with Gasteiger partial charge in [0.25, 0.3) is 0 Å². The highest BCUT2D eigenvalue weighted by atomic mass is 35.5. The number of halogens is 1. The number of benzene rings is 1. The van der Waals surface area contributed by atoms with Crippen LogP contribution in [0.15, 0.2) is 23.2 Å². The molecule has 0 radical (unpaired) electrons. The molecule has 0 spiro atoms. The molecule has 2 rings (SSSR count). The number of nitrogens with one attached hydrogen (secondary N) is 1. The van der Waals surface area contributed by atoms with E-state index < -0.39 is 0 Å². The number of rotatable bonds is 2. The molecular formula is C12H14ClN5. The molecule has 0 aliphatic carbocycles. The van der Waals surface area contributed by atoms with Gasteiger partial charge in [-0.2, -0.15) is 0 Å². The van der Waals surface area contributed by atoms with E-state index in [0.717, 1.165) is 16.6 Å². The Bertz CT molecular complexity index is 609. The third-order valence-corrected chi connectivity index (χ3v) is 2.65. The molecule has 1 aromatic heterocycles. The van der Waals surface area contributed by atoms with Crippen molar-refractivity contribution < 1.29 is 0 Å². The van der Waals surface area contributed by atoms with Crippen LogP contribution in [-0.2, 0) is 0 Å². The number of fused-ring (bicyclic) bond motifs is 1. The van der Waals surface area contributed by atoms with Gasteiger partial charge in [0.1, 0.15) is 0 Å². The smallest absolute Gasteiger partial charge is 0.230 e. The fourth-order valence-corrected chi connectivity index (χ4v) is 1.81. The van der Waals surface area contributed by atoms with Crippen LogP contribution in [0.1, 0.15) is 12.6 Å². The van der Waals surface area contributed by atoms with E-state index in [1.165, 1.54) is 0 Å². The minimum absolute atomic E-state index is 0.310. The first-order chi connectivity index (χ1) is 8.60. The third kappa shape index (κ3) is 2.68. The van der Waals surface area contributed by atoms with Crippen molar-refractivity contribution in [2.75, 3.05) is 11.9 Å². The Balaban J connectivity index is 2.43. The minimum atomic E-state index is 0.310. The maximum absolute atomic E-state index is 5.95. The molecule has 18 heavy (non-hydrogen) atoms. The van der Waals surface area contributed by atoms with Crippen molar-refractivity contribution in [1.82, 2.24) is 9.97 Å². The number of guanidine groups is 1. The summed E-state index contributed by atoms with van der Waals surface area (Å²) in [5.74, 6) is 0.752. The van der Waals surface area contributed by atoms with Crippen LogP contribution in [0.3, 0.4) is 0 Å². The first-order valence-corrected chi connectivity index (χ1v) is 5.99. The normalized spacial score (nSPS) is 11.8. The molecule has 0 saturated heterocycles. The predicted molar refractivity (Wildman–Crippen MR) is 75.1 cm³/mol. The molecule has 3 N–H and O–H groups in total. The number of nitrogens with zero attached hydrogens (tertiary/aromatic N) is 3. The average molecular weight is 264 g/mol. The number of aliphatic imine (C=N–C) groups is 1.